The number of aromatic nitrogens is 1. The highest BCUT2D eigenvalue weighted by Crippen LogP contribution is 2.08. The van der Waals surface area contributed by atoms with Gasteiger partial charge in [-0.05, 0) is 26.0 Å². The number of aromatic amines is 1. The number of hydrogen-bond acceptors (Lipinski definition) is 2. The van der Waals surface area contributed by atoms with Crippen LogP contribution in [0.4, 0.5) is 0 Å². The molecule has 1 aromatic heterocycles. The van der Waals surface area contributed by atoms with Crippen LogP contribution < -0.4 is 0 Å². The predicted molar refractivity (Wildman–Crippen MR) is 53.6 cm³/mol. The van der Waals surface area contributed by atoms with Crippen LogP contribution in [0.2, 0.25) is 0 Å². The quantitative estimate of drug-likeness (QED) is 0.749. The van der Waals surface area contributed by atoms with Gasteiger partial charge in [0.1, 0.15) is 5.60 Å². The molecular weight excluding hydrogens is 180 g/mol. The van der Waals surface area contributed by atoms with Crippen molar-refractivity contribution >= 4 is 5.91 Å². The lowest BCUT2D eigenvalue weighted by molar-refractivity contribution is -0.147. The fourth-order valence-corrected chi connectivity index (χ4v) is 1.26. The minimum atomic E-state index is -1.30. The topological polar surface area (TPSA) is 56.3 Å². The Kier molecular flexibility index (Phi) is 2.96. The normalized spacial score (nSPS) is 11.4. The lowest BCUT2D eigenvalue weighted by Gasteiger charge is -2.24. The second-order valence-corrected chi connectivity index (χ2v) is 3.92. The summed E-state index contributed by atoms with van der Waals surface area (Å²) in [4.78, 5) is 16.0. The zero-order chi connectivity index (χ0) is 10.8. The number of carbonyl (C=O) groups is 1. The van der Waals surface area contributed by atoms with E-state index in [4.69, 9.17) is 0 Å². The van der Waals surface area contributed by atoms with E-state index >= 15 is 0 Å². The lowest BCUT2D eigenvalue weighted by Crippen LogP contribution is -2.42. The first-order chi connectivity index (χ1) is 6.41. The monoisotopic (exact) mass is 196 g/mol. The van der Waals surface area contributed by atoms with E-state index in [-0.39, 0.29) is 5.91 Å². The first-order valence-electron chi connectivity index (χ1n) is 4.51. The smallest absolute Gasteiger partial charge is 0.254 e. The predicted octanol–water partition coefficient (Wildman–Crippen LogP) is 0.744. The van der Waals surface area contributed by atoms with Gasteiger partial charge >= 0.3 is 0 Å². The molecule has 0 spiro atoms. The minimum Gasteiger partial charge on any atom is -0.381 e. The molecule has 0 aliphatic carbocycles. The highest BCUT2D eigenvalue weighted by molar-refractivity contribution is 5.83. The Balaban J connectivity index is 2.59. The third-order valence-electron chi connectivity index (χ3n) is 1.94. The van der Waals surface area contributed by atoms with E-state index in [0.717, 1.165) is 5.69 Å². The van der Waals surface area contributed by atoms with Crippen LogP contribution in [0.15, 0.2) is 18.3 Å². The Bertz CT molecular complexity index is 298. The molecule has 0 atom stereocenters. The van der Waals surface area contributed by atoms with Crippen molar-refractivity contribution in [1.82, 2.24) is 9.88 Å². The number of hydrogen-bond donors (Lipinski definition) is 2. The summed E-state index contributed by atoms with van der Waals surface area (Å²) >= 11 is 0. The summed E-state index contributed by atoms with van der Waals surface area (Å²) in [6, 6.07) is 3.77. The maximum Gasteiger partial charge on any atom is 0.254 e. The van der Waals surface area contributed by atoms with Crippen molar-refractivity contribution in [1.29, 1.82) is 0 Å². The van der Waals surface area contributed by atoms with Crippen LogP contribution in [0.3, 0.4) is 0 Å². The van der Waals surface area contributed by atoms with Crippen molar-refractivity contribution in [2.75, 3.05) is 7.05 Å². The number of aliphatic hydroxyl groups is 1. The number of amides is 1. The van der Waals surface area contributed by atoms with Crippen molar-refractivity contribution in [3.8, 4) is 0 Å². The van der Waals surface area contributed by atoms with Crippen molar-refractivity contribution in [3.05, 3.63) is 24.0 Å². The lowest BCUT2D eigenvalue weighted by atomic mass is 10.1. The molecule has 0 saturated carbocycles. The number of rotatable bonds is 3. The van der Waals surface area contributed by atoms with Crippen LogP contribution in [0.25, 0.3) is 0 Å². The van der Waals surface area contributed by atoms with E-state index in [9.17, 15) is 9.90 Å². The summed E-state index contributed by atoms with van der Waals surface area (Å²) < 4.78 is 0. The molecular formula is C10H16N2O2. The number of likely N-dealkylation sites (N-methyl/N-ethyl adjacent to an activating group) is 1. The fourth-order valence-electron chi connectivity index (χ4n) is 1.26. The van der Waals surface area contributed by atoms with Gasteiger partial charge in [-0.1, -0.05) is 0 Å². The van der Waals surface area contributed by atoms with Crippen molar-refractivity contribution in [3.63, 3.8) is 0 Å². The first kappa shape index (κ1) is 10.8. The number of carbonyl (C=O) groups excluding carboxylic acids is 1. The molecule has 0 aromatic carbocycles. The molecule has 1 rings (SSSR count). The first-order valence-corrected chi connectivity index (χ1v) is 4.51. The molecule has 0 unspecified atom stereocenters. The summed E-state index contributed by atoms with van der Waals surface area (Å²) in [5.74, 6) is -0.285. The molecule has 2 N–H and O–H groups in total. The third kappa shape index (κ3) is 2.60. The fraction of sp³-hybridized carbons (Fsp3) is 0.500. The van der Waals surface area contributed by atoms with E-state index in [0.29, 0.717) is 6.54 Å². The largest absolute Gasteiger partial charge is 0.381 e. The Hall–Kier alpha value is -1.29. The van der Waals surface area contributed by atoms with E-state index in [1.165, 1.54) is 18.7 Å². The SMILES string of the molecule is CN(Cc1ccc[nH]1)C(=O)C(C)(C)O. The van der Waals surface area contributed by atoms with Gasteiger partial charge in [0.2, 0.25) is 0 Å². The van der Waals surface area contributed by atoms with Crippen LogP contribution in [-0.2, 0) is 11.3 Å². The molecule has 0 bridgehead atoms. The maximum absolute atomic E-state index is 11.6. The highest BCUT2D eigenvalue weighted by Gasteiger charge is 2.27. The van der Waals surface area contributed by atoms with Gasteiger partial charge in [0, 0.05) is 18.9 Å². The standard InChI is InChI=1S/C10H16N2O2/c1-10(2,14)9(13)12(3)7-8-5-4-6-11-8/h4-6,11,14H,7H2,1-3H3. The molecule has 0 aliphatic rings. The Morgan fingerprint density at radius 1 is 1.64 bits per heavy atom. The summed E-state index contributed by atoms with van der Waals surface area (Å²) in [5, 5.41) is 9.48. The Morgan fingerprint density at radius 3 is 2.71 bits per heavy atom. The average molecular weight is 196 g/mol. The van der Waals surface area contributed by atoms with E-state index < -0.39 is 5.60 Å². The molecule has 4 nitrogen and oxygen atoms in total. The number of nitrogens with zero attached hydrogens (tertiary/aromatic N) is 1. The summed E-state index contributed by atoms with van der Waals surface area (Å²) in [5.41, 5.74) is -0.355. The van der Waals surface area contributed by atoms with Crippen LogP contribution >= 0.6 is 0 Å². The van der Waals surface area contributed by atoms with Crippen LogP contribution in [0.1, 0.15) is 19.5 Å². The van der Waals surface area contributed by atoms with Crippen LogP contribution in [0, 0.1) is 0 Å². The minimum absolute atomic E-state index is 0.285. The van der Waals surface area contributed by atoms with Gasteiger partial charge < -0.3 is 15.0 Å². The molecule has 1 aromatic rings. The van der Waals surface area contributed by atoms with Gasteiger partial charge in [0.05, 0.1) is 6.54 Å². The second kappa shape index (κ2) is 3.84. The van der Waals surface area contributed by atoms with Gasteiger partial charge in [-0.3, -0.25) is 4.79 Å². The highest BCUT2D eigenvalue weighted by atomic mass is 16.3. The molecule has 78 valence electrons. The number of nitrogens with one attached hydrogen (secondary N) is 1. The Morgan fingerprint density at radius 2 is 2.29 bits per heavy atom. The van der Waals surface area contributed by atoms with Gasteiger partial charge in [-0.15, -0.1) is 0 Å². The average Bonchev–Trinajstić information content (AvgIpc) is 2.53. The van der Waals surface area contributed by atoms with Crippen molar-refractivity contribution < 1.29 is 9.90 Å². The zero-order valence-corrected chi connectivity index (χ0v) is 8.74. The van der Waals surface area contributed by atoms with E-state index in [1.807, 2.05) is 12.1 Å². The summed E-state index contributed by atoms with van der Waals surface area (Å²) in [6.45, 7) is 3.46. The van der Waals surface area contributed by atoms with Gasteiger partial charge in [0.15, 0.2) is 0 Å². The zero-order valence-electron chi connectivity index (χ0n) is 8.74. The van der Waals surface area contributed by atoms with Gasteiger partial charge in [-0.2, -0.15) is 0 Å². The Labute approximate surface area is 83.5 Å². The van der Waals surface area contributed by atoms with Crippen molar-refractivity contribution in [2.24, 2.45) is 0 Å². The van der Waals surface area contributed by atoms with Crippen LogP contribution in [0.5, 0.6) is 0 Å². The maximum atomic E-state index is 11.6. The molecule has 0 fully saturated rings. The summed E-state index contributed by atoms with van der Waals surface area (Å²) in [7, 11) is 1.67. The van der Waals surface area contributed by atoms with Gasteiger partial charge in [0.25, 0.3) is 5.91 Å². The van der Waals surface area contributed by atoms with E-state index in [1.54, 1.807) is 13.2 Å². The van der Waals surface area contributed by atoms with Crippen molar-refractivity contribution in [2.45, 2.75) is 26.0 Å². The molecule has 1 amide bonds. The van der Waals surface area contributed by atoms with Gasteiger partial charge in [-0.25, -0.2) is 0 Å². The molecule has 0 radical (unpaired) electrons. The third-order valence-corrected chi connectivity index (χ3v) is 1.94. The summed E-state index contributed by atoms with van der Waals surface area (Å²) in [6.07, 6.45) is 1.80. The second-order valence-electron chi connectivity index (χ2n) is 3.92. The molecule has 14 heavy (non-hydrogen) atoms. The molecule has 4 heteroatoms. The molecule has 0 aliphatic heterocycles. The molecule has 0 saturated heterocycles. The molecule has 1 heterocycles. The number of H-pyrrole nitrogens is 1. The van der Waals surface area contributed by atoms with E-state index in [2.05, 4.69) is 4.98 Å². The van der Waals surface area contributed by atoms with Crippen LogP contribution in [-0.4, -0.2) is 33.5 Å².